The van der Waals surface area contributed by atoms with Gasteiger partial charge in [0.05, 0.1) is 25.2 Å². The van der Waals surface area contributed by atoms with E-state index in [0.717, 1.165) is 89.9 Å². The first-order valence-electron chi connectivity index (χ1n) is 26.0. The van der Waals surface area contributed by atoms with Crippen LogP contribution in [0.3, 0.4) is 0 Å². The molecule has 3 atom stereocenters. The number of rotatable bonds is 45. The van der Waals surface area contributed by atoms with Crippen LogP contribution >= 0.6 is 0 Å². The monoisotopic (exact) mass is 876 g/mol. The second-order valence-electron chi connectivity index (χ2n) is 17.2. The van der Waals surface area contributed by atoms with Crippen LogP contribution in [-0.4, -0.2) is 46.9 Å². The molecule has 3 unspecified atom stereocenters. The Hall–Kier alpha value is -3.22. The number of unbranched alkanes of at least 4 members (excludes halogenated alkanes) is 18. The highest BCUT2D eigenvalue weighted by Gasteiger charge is 2.24. The molecule has 0 spiro atoms. The van der Waals surface area contributed by atoms with Gasteiger partial charge < -0.3 is 20.3 Å². The molecule has 0 rings (SSSR count). The lowest BCUT2D eigenvalue weighted by Gasteiger charge is -2.24. The van der Waals surface area contributed by atoms with E-state index in [9.17, 15) is 19.8 Å². The maximum absolute atomic E-state index is 13.2. The third kappa shape index (κ3) is 45.2. The average molecular weight is 876 g/mol. The molecule has 0 aromatic rings. The molecule has 0 aliphatic heterocycles. The number of carbonyl (C=O) groups is 2. The molecule has 0 aliphatic carbocycles. The summed E-state index contributed by atoms with van der Waals surface area (Å²) in [5, 5.41) is 23.7. The van der Waals surface area contributed by atoms with Gasteiger partial charge in [-0.25, -0.2) is 0 Å². The highest BCUT2D eigenvalue weighted by atomic mass is 16.5. The maximum Gasteiger partial charge on any atom is 0.306 e. The molecule has 3 N–H and O–H groups in total. The van der Waals surface area contributed by atoms with Crippen molar-refractivity contribution in [2.75, 3.05) is 6.61 Å². The second kappa shape index (κ2) is 49.8. The molecule has 1 amide bonds. The van der Waals surface area contributed by atoms with Crippen LogP contribution < -0.4 is 5.32 Å². The van der Waals surface area contributed by atoms with Crippen molar-refractivity contribution in [2.24, 2.45) is 0 Å². The normalized spacial score (nSPS) is 14.0. The molecular formula is C57H97NO5. The summed E-state index contributed by atoms with van der Waals surface area (Å²) >= 11 is 0. The highest BCUT2D eigenvalue weighted by Crippen LogP contribution is 2.16. The van der Waals surface area contributed by atoms with E-state index in [1.807, 2.05) is 6.08 Å². The van der Waals surface area contributed by atoms with Crippen LogP contribution in [0.15, 0.2) is 97.2 Å². The van der Waals surface area contributed by atoms with Gasteiger partial charge in [-0.15, -0.1) is 0 Å². The Balaban J connectivity index is 4.76. The van der Waals surface area contributed by atoms with Gasteiger partial charge in [0.25, 0.3) is 0 Å². The Labute approximate surface area is 388 Å². The van der Waals surface area contributed by atoms with Crippen molar-refractivity contribution in [2.45, 2.75) is 244 Å². The number of ether oxygens (including phenoxy) is 1. The fourth-order valence-electron chi connectivity index (χ4n) is 7.27. The number of aliphatic hydroxyl groups is 2. The minimum atomic E-state index is -0.811. The third-order valence-corrected chi connectivity index (χ3v) is 11.2. The molecule has 6 nitrogen and oxygen atoms in total. The van der Waals surface area contributed by atoms with Crippen molar-refractivity contribution >= 4 is 11.9 Å². The van der Waals surface area contributed by atoms with Crippen molar-refractivity contribution in [1.29, 1.82) is 0 Å². The molecule has 0 fully saturated rings. The lowest BCUT2D eigenvalue weighted by molar-refractivity contribution is -0.150. The maximum atomic E-state index is 13.2. The molecule has 0 aromatic heterocycles. The molecule has 6 heteroatoms. The molecule has 0 aliphatic rings. The Bertz CT molecular complexity index is 1260. The first kappa shape index (κ1) is 59.8. The summed E-state index contributed by atoms with van der Waals surface area (Å²) in [6, 6.07) is -0.729. The zero-order chi connectivity index (χ0) is 45.9. The standard InChI is InChI=1S/C57H97NO5/c1-4-7-10-13-16-19-21-23-25-27-28-29-31-33-35-38-41-44-47-50-57(62)63-53(48-45-42-39-37-34-32-30-26-24-22-20-17-14-11-8-5-2)51-56(61)58-54(52-59)55(60)49-46-43-40-36-18-15-12-9-6-3/h7,10,16,19,23,25-26,28-30,32-35,41,44,53-55,59-60H,4-6,8-9,11-15,17-18,20-22,24,27,31,36-40,42-43,45-52H2,1-3H3,(H,58,61)/b10-7-,19-16-,25-23-,29-28-,30-26+,34-32+,35-33-,44-41-. The molecular weight excluding hydrogens is 779 g/mol. The molecule has 0 saturated carbocycles. The van der Waals surface area contributed by atoms with Crippen molar-refractivity contribution in [3.63, 3.8) is 0 Å². The summed E-state index contributed by atoms with van der Waals surface area (Å²) < 4.78 is 5.88. The number of aliphatic hydroxyl groups excluding tert-OH is 2. The zero-order valence-corrected chi connectivity index (χ0v) is 40.9. The van der Waals surface area contributed by atoms with Gasteiger partial charge in [-0.3, -0.25) is 9.59 Å². The number of hydrogen-bond donors (Lipinski definition) is 3. The predicted molar refractivity (Wildman–Crippen MR) is 273 cm³/mol. The van der Waals surface area contributed by atoms with E-state index in [2.05, 4.69) is 117 Å². The minimum absolute atomic E-state index is 0.0241. The summed E-state index contributed by atoms with van der Waals surface area (Å²) in [6.07, 6.45) is 66.2. The quantitative estimate of drug-likeness (QED) is 0.0245. The van der Waals surface area contributed by atoms with E-state index >= 15 is 0 Å². The summed E-state index contributed by atoms with van der Waals surface area (Å²) in [7, 11) is 0. The van der Waals surface area contributed by atoms with Crippen LogP contribution in [0.4, 0.5) is 0 Å². The van der Waals surface area contributed by atoms with E-state index < -0.39 is 18.2 Å². The van der Waals surface area contributed by atoms with Gasteiger partial charge in [0.2, 0.25) is 5.91 Å². The zero-order valence-electron chi connectivity index (χ0n) is 40.9. The lowest BCUT2D eigenvalue weighted by Crippen LogP contribution is -2.46. The van der Waals surface area contributed by atoms with Crippen LogP contribution in [-0.2, 0) is 14.3 Å². The predicted octanol–water partition coefficient (Wildman–Crippen LogP) is 15.7. The highest BCUT2D eigenvalue weighted by molar-refractivity contribution is 5.77. The van der Waals surface area contributed by atoms with E-state index in [1.165, 1.54) is 83.5 Å². The first-order chi connectivity index (χ1) is 31.0. The van der Waals surface area contributed by atoms with Crippen molar-refractivity contribution in [1.82, 2.24) is 5.32 Å². The summed E-state index contributed by atoms with van der Waals surface area (Å²) in [6.45, 7) is 6.31. The largest absolute Gasteiger partial charge is 0.462 e. The Morgan fingerprint density at radius 2 is 0.905 bits per heavy atom. The van der Waals surface area contributed by atoms with Gasteiger partial charge in [-0.1, -0.05) is 221 Å². The van der Waals surface area contributed by atoms with Gasteiger partial charge in [-0.2, -0.15) is 0 Å². The van der Waals surface area contributed by atoms with Crippen LogP contribution in [0.5, 0.6) is 0 Å². The fourth-order valence-corrected chi connectivity index (χ4v) is 7.27. The van der Waals surface area contributed by atoms with E-state index in [0.29, 0.717) is 19.3 Å². The number of esters is 1. The molecule has 0 saturated heterocycles. The molecule has 63 heavy (non-hydrogen) atoms. The Kier molecular flexibility index (Phi) is 47.2. The van der Waals surface area contributed by atoms with Crippen molar-refractivity contribution in [3.8, 4) is 0 Å². The van der Waals surface area contributed by atoms with E-state index in [4.69, 9.17) is 4.74 Å². The van der Waals surface area contributed by atoms with Gasteiger partial charge in [0, 0.05) is 6.42 Å². The van der Waals surface area contributed by atoms with Crippen molar-refractivity contribution in [3.05, 3.63) is 97.2 Å². The molecule has 360 valence electrons. The van der Waals surface area contributed by atoms with Crippen LogP contribution in [0.2, 0.25) is 0 Å². The average Bonchev–Trinajstić information content (AvgIpc) is 3.28. The number of amides is 1. The number of allylic oxidation sites excluding steroid dienone is 16. The topological polar surface area (TPSA) is 95.9 Å². The molecule has 0 radical (unpaired) electrons. The molecule has 0 heterocycles. The van der Waals surface area contributed by atoms with Gasteiger partial charge in [0.15, 0.2) is 0 Å². The van der Waals surface area contributed by atoms with Crippen LogP contribution in [0, 0.1) is 0 Å². The smallest absolute Gasteiger partial charge is 0.306 e. The third-order valence-electron chi connectivity index (χ3n) is 11.2. The molecule has 0 aromatic carbocycles. The Morgan fingerprint density at radius 1 is 0.492 bits per heavy atom. The number of hydrogen-bond acceptors (Lipinski definition) is 5. The summed E-state index contributed by atoms with van der Waals surface area (Å²) in [5.74, 6) is -0.608. The van der Waals surface area contributed by atoms with Crippen LogP contribution in [0.25, 0.3) is 0 Å². The van der Waals surface area contributed by atoms with Gasteiger partial charge >= 0.3 is 5.97 Å². The first-order valence-corrected chi connectivity index (χ1v) is 26.0. The summed E-state index contributed by atoms with van der Waals surface area (Å²) in [4.78, 5) is 26.1. The second-order valence-corrected chi connectivity index (χ2v) is 17.2. The van der Waals surface area contributed by atoms with Gasteiger partial charge in [-0.05, 0) is 89.9 Å². The van der Waals surface area contributed by atoms with Crippen molar-refractivity contribution < 1.29 is 24.5 Å². The summed E-state index contributed by atoms with van der Waals surface area (Å²) in [5.41, 5.74) is 0. The molecule has 0 bridgehead atoms. The Morgan fingerprint density at radius 3 is 1.38 bits per heavy atom. The lowest BCUT2D eigenvalue weighted by atomic mass is 10.0. The van der Waals surface area contributed by atoms with Crippen LogP contribution in [0.1, 0.15) is 226 Å². The van der Waals surface area contributed by atoms with E-state index in [1.54, 1.807) is 0 Å². The number of carbonyl (C=O) groups excluding carboxylic acids is 2. The van der Waals surface area contributed by atoms with E-state index in [-0.39, 0.29) is 31.3 Å². The fraction of sp³-hybridized carbons (Fsp3) is 0.684. The van der Waals surface area contributed by atoms with Gasteiger partial charge in [0.1, 0.15) is 6.10 Å². The minimum Gasteiger partial charge on any atom is -0.462 e. The SMILES string of the molecule is CC/C=C\C/C=C\C/C=C\C/C=C\C/C=C\C/C=C\CCC(=O)OC(CCCCC/C=C/C=C/CCCCCCCCC)CC(=O)NC(CO)C(O)CCCCCCCCCCC. The number of nitrogens with one attached hydrogen (secondary N) is 1.